The second-order valence-corrected chi connectivity index (χ2v) is 6.00. The van der Waals surface area contributed by atoms with Crippen molar-refractivity contribution in [1.29, 1.82) is 0 Å². The van der Waals surface area contributed by atoms with Gasteiger partial charge in [0.1, 0.15) is 0 Å². The lowest BCUT2D eigenvalue weighted by molar-refractivity contribution is -0.149. The van der Waals surface area contributed by atoms with Gasteiger partial charge in [-0.3, -0.25) is 9.69 Å². The molecule has 0 bridgehead atoms. The van der Waals surface area contributed by atoms with Crippen LogP contribution in [-0.4, -0.2) is 36.6 Å². The lowest BCUT2D eigenvalue weighted by Crippen LogP contribution is -2.43. The van der Waals surface area contributed by atoms with E-state index in [4.69, 9.17) is 0 Å². The number of alkyl halides is 3. The molecule has 0 aromatic carbocycles. The molecule has 1 aliphatic heterocycles. The molecule has 1 aromatic rings. The van der Waals surface area contributed by atoms with Crippen molar-refractivity contribution in [3.05, 3.63) is 22.4 Å². The van der Waals surface area contributed by atoms with Gasteiger partial charge in [-0.05, 0) is 37.4 Å². The molecule has 1 saturated heterocycles. The number of carbonyl (C=O) groups is 1. The monoisotopic (exact) mass is 306 g/mol. The maximum Gasteiger partial charge on any atom is 0.401 e. The number of hydrogen-bond acceptors (Lipinski definition) is 3. The first-order chi connectivity index (χ1) is 9.44. The van der Waals surface area contributed by atoms with E-state index >= 15 is 0 Å². The number of hydrogen-bond donors (Lipinski definition) is 1. The van der Waals surface area contributed by atoms with Crippen LogP contribution in [0.15, 0.2) is 17.5 Å². The van der Waals surface area contributed by atoms with Crippen molar-refractivity contribution in [3.63, 3.8) is 0 Å². The van der Waals surface area contributed by atoms with Crippen molar-refractivity contribution in [3.8, 4) is 0 Å². The van der Waals surface area contributed by atoms with Crippen LogP contribution in [0.1, 0.15) is 17.7 Å². The van der Waals surface area contributed by atoms with Crippen LogP contribution in [0.4, 0.5) is 13.2 Å². The molecule has 112 valence electrons. The van der Waals surface area contributed by atoms with Crippen molar-refractivity contribution < 1.29 is 18.0 Å². The second kappa shape index (κ2) is 6.58. The van der Waals surface area contributed by atoms with Gasteiger partial charge in [0.15, 0.2) is 0 Å². The first kappa shape index (κ1) is 15.3. The first-order valence-electron chi connectivity index (χ1n) is 6.53. The molecule has 1 N–H and O–H groups in total. The highest BCUT2D eigenvalue weighted by Crippen LogP contribution is 2.22. The summed E-state index contributed by atoms with van der Waals surface area (Å²) in [6.07, 6.45) is -3.17. The van der Waals surface area contributed by atoms with E-state index in [0.717, 1.165) is 4.88 Å². The lowest BCUT2D eigenvalue weighted by Gasteiger charge is -2.31. The average Bonchev–Trinajstić information content (AvgIpc) is 2.88. The molecule has 0 unspecified atom stereocenters. The molecule has 1 aliphatic rings. The molecule has 0 atom stereocenters. The number of likely N-dealkylation sites (tertiary alicyclic amines) is 1. The summed E-state index contributed by atoms with van der Waals surface area (Å²) in [6.45, 7) is 0.281. The fraction of sp³-hybridized carbons (Fsp3) is 0.615. The van der Waals surface area contributed by atoms with Gasteiger partial charge in [-0.25, -0.2) is 0 Å². The number of nitrogens with one attached hydrogen (secondary N) is 1. The third kappa shape index (κ3) is 4.79. The predicted molar refractivity (Wildman–Crippen MR) is 71.4 cm³/mol. The standard InChI is InChI=1S/C13H17F3N2OS/c14-13(15,16)9-18-5-3-10(4-6-18)12(19)17-8-11-2-1-7-20-11/h1-2,7,10H,3-6,8-9H2,(H,17,19). The van der Waals surface area contributed by atoms with E-state index in [1.165, 1.54) is 4.90 Å². The van der Waals surface area contributed by atoms with Crippen molar-refractivity contribution in [2.75, 3.05) is 19.6 Å². The molecule has 0 aliphatic carbocycles. The largest absolute Gasteiger partial charge is 0.401 e. The normalized spacial score (nSPS) is 18.1. The highest BCUT2D eigenvalue weighted by Gasteiger charge is 2.33. The zero-order valence-electron chi connectivity index (χ0n) is 10.9. The maximum absolute atomic E-state index is 12.3. The van der Waals surface area contributed by atoms with Crippen LogP contribution < -0.4 is 5.32 Å². The number of rotatable bonds is 4. The summed E-state index contributed by atoms with van der Waals surface area (Å²) in [6, 6.07) is 3.86. The van der Waals surface area contributed by atoms with E-state index < -0.39 is 12.7 Å². The van der Waals surface area contributed by atoms with Crippen LogP contribution in [0, 0.1) is 5.92 Å². The van der Waals surface area contributed by atoms with Gasteiger partial charge in [0.2, 0.25) is 5.91 Å². The molecule has 1 amide bonds. The third-order valence-electron chi connectivity index (χ3n) is 3.38. The van der Waals surface area contributed by atoms with E-state index in [2.05, 4.69) is 5.32 Å². The number of nitrogens with zero attached hydrogens (tertiary/aromatic N) is 1. The third-order valence-corrected chi connectivity index (χ3v) is 4.25. The summed E-state index contributed by atoms with van der Waals surface area (Å²) < 4.78 is 36.8. The molecule has 3 nitrogen and oxygen atoms in total. The van der Waals surface area contributed by atoms with Gasteiger partial charge in [-0.1, -0.05) is 6.07 Å². The Bertz CT molecular complexity index is 425. The van der Waals surface area contributed by atoms with Crippen molar-refractivity contribution >= 4 is 17.2 Å². The molecular formula is C13H17F3N2OS. The highest BCUT2D eigenvalue weighted by atomic mass is 32.1. The average molecular weight is 306 g/mol. The molecular weight excluding hydrogens is 289 g/mol. The predicted octanol–water partition coefficient (Wildman–Crippen LogP) is 2.64. The zero-order valence-corrected chi connectivity index (χ0v) is 11.8. The fourth-order valence-electron chi connectivity index (χ4n) is 2.34. The number of halogens is 3. The Morgan fingerprint density at radius 3 is 2.65 bits per heavy atom. The van der Waals surface area contributed by atoms with Gasteiger partial charge < -0.3 is 5.32 Å². The molecule has 1 fully saturated rings. The van der Waals surface area contributed by atoms with Gasteiger partial charge in [-0.2, -0.15) is 13.2 Å². The number of amides is 1. The number of thiophene rings is 1. The number of piperidine rings is 1. The minimum atomic E-state index is -4.16. The second-order valence-electron chi connectivity index (χ2n) is 4.96. The Labute approximate surface area is 119 Å². The van der Waals surface area contributed by atoms with E-state index in [9.17, 15) is 18.0 Å². The highest BCUT2D eigenvalue weighted by molar-refractivity contribution is 7.09. The van der Waals surface area contributed by atoms with E-state index in [-0.39, 0.29) is 11.8 Å². The molecule has 1 aromatic heterocycles. The molecule has 2 rings (SSSR count). The Hall–Kier alpha value is -1.08. The Morgan fingerprint density at radius 2 is 2.10 bits per heavy atom. The summed E-state index contributed by atoms with van der Waals surface area (Å²) in [7, 11) is 0. The summed E-state index contributed by atoms with van der Waals surface area (Å²) in [5.74, 6) is -0.218. The maximum atomic E-state index is 12.3. The SMILES string of the molecule is O=C(NCc1cccs1)C1CCN(CC(F)(F)F)CC1. The van der Waals surface area contributed by atoms with Gasteiger partial charge in [0.05, 0.1) is 13.1 Å². The van der Waals surface area contributed by atoms with Crippen LogP contribution in [0.2, 0.25) is 0 Å². The number of carbonyl (C=O) groups excluding carboxylic acids is 1. The Balaban J connectivity index is 1.71. The molecule has 0 spiro atoms. The minimum absolute atomic E-state index is 0.0509. The van der Waals surface area contributed by atoms with Crippen LogP contribution >= 0.6 is 11.3 Å². The van der Waals surface area contributed by atoms with Crippen molar-refractivity contribution in [2.24, 2.45) is 5.92 Å². The van der Waals surface area contributed by atoms with Gasteiger partial charge in [0, 0.05) is 10.8 Å². The van der Waals surface area contributed by atoms with Crippen LogP contribution in [-0.2, 0) is 11.3 Å². The smallest absolute Gasteiger partial charge is 0.351 e. The van der Waals surface area contributed by atoms with E-state index in [1.54, 1.807) is 11.3 Å². The van der Waals surface area contributed by atoms with Crippen LogP contribution in [0.3, 0.4) is 0 Å². The van der Waals surface area contributed by atoms with E-state index in [0.29, 0.717) is 32.5 Å². The van der Waals surface area contributed by atoms with Crippen molar-refractivity contribution in [2.45, 2.75) is 25.6 Å². The Morgan fingerprint density at radius 1 is 1.40 bits per heavy atom. The van der Waals surface area contributed by atoms with Crippen LogP contribution in [0.5, 0.6) is 0 Å². The van der Waals surface area contributed by atoms with E-state index in [1.807, 2.05) is 17.5 Å². The summed E-state index contributed by atoms with van der Waals surface area (Å²) in [5.41, 5.74) is 0. The molecule has 7 heteroatoms. The topological polar surface area (TPSA) is 32.3 Å². The first-order valence-corrected chi connectivity index (χ1v) is 7.41. The quantitative estimate of drug-likeness (QED) is 0.927. The van der Waals surface area contributed by atoms with Gasteiger partial charge in [-0.15, -0.1) is 11.3 Å². The van der Waals surface area contributed by atoms with Crippen LogP contribution in [0.25, 0.3) is 0 Å². The zero-order chi connectivity index (χ0) is 14.6. The van der Waals surface area contributed by atoms with Crippen molar-refractivity contribution in [1.82, 2.24) is 10.2 Å². The lowest BCUT2D eigenvalue weighted by atomic mass is 9.96. The molecule has 0 radical (unpaired) electrons. The molecule has 20 heavy (non-hydrogen) atoms. The van der Waals surface area contributed by atoms with Gasteiger partial charge in [0.25, 0.3) is 0 Å². The molecule has 2 heterocycles. The summed E-state index contributed by atoms with van der Waals surface area (Å²) in [5, 5.41) is 4.79. The summed E-state index contributed by atoms with van der Waals surface area (Å²) >= 11 is 1.57. The molecule has 0 saturated carbocycles. The summed E-state index contributed by atoms with van der Waals surface area (Å²) in [4.78, 5) is 14.4. The van der Waals surface area contributed by atoms with Gasteiger partial charge >= 0.3 is 6.18 Å². The fourth-order valence-corrected chi connectivity index (χ4v) is 2.98. The Kier molecular flexibility index (Phi) is 5.04. The minimum Gasteiger partial charge on any atom is -0.351 e.